The number of amides is 2. The molecule has 5 nitrogen and oxygen atoms in total. The van der Waals surface area contributed by atoms with Gasteiger partial charge in [0.25, 0.3) is 11.8 Å². The molecule has 2 heterocycles. The number of carbonyl (C=O) groups is 2. The third-order valence-corrected chi connectivity index (χ3v) is 6.19. The SMILES string of the molecule is O=C(Nc1cccc(C(=O)N2CCC(CCc3ccccc3)CC2)c1)C1CCCO1. The Morgan fingerprint density at radius 3 is 2.53 bits per heavy atom. The van der Waals surface area contributed by atoms with Gasteiger partial charge in [-0.15, -0.1) is 0 Å². The number of nitrogens with zero attached hydrogens (tertiary/aromatic N) is 1. The molecule has 2 aromatic rings. The maximum atomic E-state index is 13.0. The molecule has 0 radical (unpaired) electrons. The molecular formula is C25H30N2O3. The Morgan fingerprint density at radius 1 is 1.00 bits per heavy atom. The Balaban J connectivity index is 1.28. The lowest BCUT2D eigenvalue weighted by molar-refractivity contribution is -0.124. The van der Waals surface area contributed by atoms with Crippen LogP contribution in [0.1, 0.15) is 48.0 Å². The molecule has 2 amide bonds. The molecule has 158 valence electrons. The fraction of sp³-hybridized carbons (Fsp3) is 0.440. The predicted molar refractivity (Wildman–Crippen MR) is 117 cm³/mol. The predicted octanol–water partition coefficient (Wildman–Crippen LogP) is 4.29. The van der Waals surface area contributed by atoms with Crippen molar-refractivity contribution in [1.29, 1.82) is 0 Å². The van der Waals surface area contributed by atoms with Gasteiger partial charge in [-0.1, -0.05) is 36.4 Å². The van der Waals surface area contributed by atoms with Crippen LogP contribution in [-0.4, -0.2) is 42.5 Å². The van der Waals surface area contributed by atoms with E-state index in [0.717, 1.165) is 45.2 Å². The summed E-state index contributed by atoms with van der Waals surface area (Å²) < 4.78 is 5.43. The summed E-state index contributed by atoms with van der Waals surface area (Å²) in [5, 5.41) is 2.89. The third kappa shape index (κ3) is 5.28. The molecule has 0 spiro atoms. The molecule has 2 saturated heterocycles. The van der Waals surface area contributed by atoms with Gasteiger partial charge >= 0.3 is 0 Å². The number of piperidine rings is 1. The number of benzene rings is 2. The molecule has 1 unspecified atom stereocenters. The fourth-order valence-corrected chi connectivity index (χ4v) is 4.36. The number of carbonyl (C=O) groups excluding carboxylic acids is 2. The molecule has 0 aromatic heterocycles. The highest BCUT2D eigenvalue weighted by atomic mass is 16.5. The van der Waals surface area contributed by atoms with Gasteiger partial charge in [0.05, 0.1) is 0 Å². The van der Waals surface area contributed by atoms with Crippen LogP contribution in [-0.2, 0) is 16.0 Å². The summed E-state index contributed by atoms with van der Waals surface area (Å²) in [6.45, 7) is 2.23. The molecule has 30 heavy (non-hydrogen) atoms. The zero-order chi connectivity index (χ0) is 20.8. The Bertz CT molecular complexity index is 854. The molecular weight excluding hydrogens is 376 g/mol. The lowest BCUT2D eigenvalue weighted by Crippen LogP contribution is -2.38. The minimum atomic E-state index is -0.376. The second kappa shape index (κ2) is 9.90. The van der Waals surface area contributed by atoms with Crippen molar-refractivity contribution in [3.8, 4) is 0 Å². The van der Waals surface area contributed by atoms with Gasteiger partial charge in [0.2, 0.25) is 0 Å². The molecule has 2 aliphatic heterocycles. The highest BCUT2D eigenvalue weighted by Gasteiger charge is 2.25. The number of hydrogen-bond acceptors (Lipinski definition) is 3. The third-order valence-electron chi connectivity index (χ3n) is 6.19. The molecule has 4 rings (SSSR count). The van der Waals surface area contributed by atoms with Gasteiger partial charge in [-0.2, -0.15) is 0 Å². The maximum Gasteiger partial charge on any atom is 0.253 e. The van der Waals surface area contributed by atoms with Crippen LogP contribution in [0.4, 0.5) is 5.69 Å². The first kappa shape index (κ1) is 20.6. The molecule has 2 aromatic carbocycles. The lowest BCUT2D eigenvalue weighted by atomic mass is 9.90. The molecule has 1 N–H and O–H groups in total. The summed E-state index contributed by atoms with van der Waals surface area (Å²) in [6.07, 6.45) is 5.67. The Hall–Kier alpha value is -2.66. The van der Waals surface area contributed by atoms with E-state index >= 15 is 0 Å². The molecule has 5 heteroatoms. The van der Waals surface area contributed by atoms with E-state index in [1.54, 1.807) is 6.07 Å². The number of likely N-dealkylation sites (tertiary alicyclic amines) is 1. The van der Waals surface area contributed by atoms with Gasteiger partial charge in [0.15, 0.2) is 0 Å². The van der Waals surface area contributed by atoms with Crippen LogP contribution < -0.4 is 5.32 Å². The van der Waals surface area contributed by atoms with E-state index in [9.17, 15) is 9.59 Å². The van der Waals surface area contributed by atoms with Crippen molar-refractivity contribution in [3.05, 3.63) is 65.7 Å². The zero-order valence-corrected chi connectivity index (χ0v) is 17.4. The van der Waals surface area contributed by atoms with Gasteiger partial charge in [0, 0.05) is 30.9 Å². The Kier molecular flexibility index (Phi) is 6.80. The van der Waals surface area contributed by atoms with E-state index in [1.807, 2.05) is 23.1 Å². The van der Waals surface area contributed by atoms with Gasteiger partial charge < -0.3 is 15.0 Å². The van der Waals surface area contributed by atoms with E-state index in [0.29, 0.717) is 23.8 Å². The summed E-state index contributed by atoms with van der Waals surface area (Å²) >= 11 is 0. The first-order chi connectivity index (χ1) is 14.7. The van der Waals surface area contributed by atoms with E-state index in [2.05, 4.69) is 35.6 Å². The number of nitrogens with one attached hydrogen (secondary N) is 1. The van der Waals surface area contributed by atoms with Gasteiger partial charge in [-0.05, 0) is 68.2 Å². The number of aryl methyl sites for hydroxylation is 1. The molecule has 2 aliphatic rings. The standard InChI is InChI=1S/C25H30N2O3/c28-24(23-10-5-17-30-23)26-22-9-4-8-21(18-22)25(29)27-15-13-20(14-16-27)12-11-19-6-2-1-3-7-19/h1-4,6-9,18,20,23H,5,10-17H2,(H,26,28). The second-order valence-electron chi connectivity index (χ2n) is 8.33. The summed E-state index contributed by atoms with van der Waals surface area (Å²) in [6, 6.07) is 17.8. The normalized spacial score (nSPS) is 19.6. The second-order valence-corrected chi connectivity index (χ2v) is 8.33. The van der Waals surface area contributed by atoms with Crippen molar-refractivity contribution >= 4 is 17.5 Å². The highest BCUT2D eigenvalue weighted by molar-refractivity contribution is 5.98. The van der Waals surface area contributed by atoms with E-state index < -0.39 is 0 Å². The van der Waals surface area contributed by atoms with Crippen LogP contribution in [0, 0.1) is 5.92 Å². The van der Waals surface area contributed by atoms with Crippen molar-refractivity contribution < 1.29 is 14.3 Å². The van der Waals surface area contributed by atoms with Crippen molar-refractivity contribution in [2.75, 3.05) is 25.0 Å². The molecule has 2 fully saturated rings. The Labute approximate surface area is 178 Å². The minimum absolute atomic E-state index is 0.0460. The first-order valence-corrected chi connectivity index (χ1v) is 11.0. The monoisotopic (exact) mass is 406 g/mol. The van der Waals surface area contributed by atoms with Crippen LogP contribution in [0.15, 0.2) is 54.6 Å². The lowest BCUT2D eigenvalue weighted by Gasteiger charge is -2.32. The van der Waals surface area contributed by atoms with E-state index in [1.165, 1.54) is 12.0 Å². The largest absolute Gasteiger partial charge is 0.368 e. The topological polar surface area (TPSA) is 58.6 Å². The van der Waals surface area contributed by atoms with E-state index in [4.69, 9.17) is 4.74 Å². The minimum Gasteiger partial charge on any atom is -0.368 e. The first-order valence-electron chi connectivity index (χ1n) is 11.0. The number of ether oxygens (including phenoxy) is 1. The number of rotatable bonds is 6. The van der Waals surface area contributed by atoms with Gasteiger partial charge in [-0.3, -0.25) is 9.59 Å². The van der Waals surface area contributed by atoms with Crippen LogP contribution in [0.5, 0.6) is 0 Å². The molecule has 1 atom stereocenters. The van der Waals surface area contributed by atoms with E-state index in [-0.39, 0.29) is 17.9 Å². The smallest absolute Gasteiger partial charge is 0.253 e. The molecule has 0 saturated carbocycles. The number of anilines is 1. The summed E-state index contributed by atoms with van der Waals surface area (Å²) in [5.74, 6) is 0.590. The van der Waals surface area contributed by atoms with Crippen LogP contribution >= 0.6 is 0 Å². The zero-order valence-electron chi connectivity index (χ0n) is 17.4. The van der Waals surface area contributed by atoms with Crippen LogP contribution in [0.2, 0.25) is 0 Å². The quantitative estimate of drug-likeness (QED) is 0.779. The van der Waals surface area contributed by atoms with Crippen molar-refractivity contribution in [2.45, 2.75) is 44.6 Å². The van der Waals surface area contributed by atoms with Crippen molar-refractivity contribution in [1.82, 2.24) is 4.90 Å². The highest BCUT2D eigenvalue weighted by Crippen LogP contribution is 2.24. The Morgan fingerprint density at radius 2 is 1.80 bits per heavy atom. The van der Waals surface area contributed by atoms with Gasteiger partial charge in [-0.25, -0.2) is 0 Å². The van der Waals surface area contributed by atoms with Crippen molar-refractivity contribution in [3.63, 3.8) is 0 Å². The summed E-state index contributed by atoms with van der Waals surface area (Å²) in [4.78, 5) is 27.2. The molecule has 0 aliphatic carbocycles. The van der Waals surface area contributed by atoms with Gasteiger partial charge in [0.1, 0.15) is 6.10 Å². The van der Waals surface area contributed by atoms with Crippen LogP contribution in [0.25, 0.3) is 0 Å². The van der Waals surface area contributed by atoms with Crippen molar-refractivity contribution in [2.24, 2.45) is 5.92 Å². The fourth-order valence-electron chi connectivity index (χ4n) is 4.36. The summed E-state index contributed by atoms with van der Waals surface area (Å²) in [7, 11) is 0. The average Bonchev–Trinajstić information content (AvgIpc) is 3.34. The number of hydrogen-bond donors (Lipinski definition) is 1. The maximum absolute atomic E-state index is 13.0. The molecule has 0 bridgehead atoms. The average molecular weight is 407 g/mol. The van der Waals surface area contributed by atoms with Crippen LogP contribution in [0.3, 0.4) is 0 Å². The summed E-state index contributed by atoms with van der Waals surface area (Å²) in [5.41, 5.74) is 2.67.